The van der Waals surface area contributed by atoms with Gasteiger partial charge >= 0.3 is 0 Å². The summed E-state index contributed by atoms with van der Waals surface area (Å²) in [4.78, 5) is 0. The van der Waals surface area contributed by atoms with E-state index >= 15 is 0 Å². The van der Waals surface area contributed by atoms with Crippen molar-refractivity contribution in [3.63, 3.8) is 0 Å². The summed E-state index contributed by atoms with van der Waals surface area (Å²) in [7, 11) is 0. The lowest BCUT2D eigenvalue weighted by atomic mass is 10.1. The lowest BCUT2D eigenvalue weighted by molar-refractivity contribution is 0.274. The SMILES string of the molecule is C/C=C/C(C)CCO. The number of aliphatic hydroxyl groups is 1. The standard InChI is InChI=1S/C7H14O/c1-3-4-7(2)5-6-8/h3-4,7-8H,5-6H2,1-2H3/b4-3+. The Bertz CT molecular complexity index is 66.8. The first kappa shape index (κ1) is 7.70. The van der Waals surface area contributed by atoms with Crippen molar-refractivity contribution in [2.45, 2.75) is 20.3 Å². The summed E-state index contributed by atoms with van der Waals surface area (Å²) in [5.74, 6) is 0.532. The Morgan fingerprint density at radius 3 is 2.62 bits per heavy atom. The summed E-state index contributed by atoms with van der Waals surface area (Å²) < 4.78 is 0. The molecule has 1 unspecified atom stereocenters. The molecule has 1 atom stereocenters. The smallest absolute Gasteiger partial charge is 0.0436 e. The molecule has 0 aromatic carbocycles. The summed E-state index contributed by atoms with van der Waals surface area (Å²) in [6.45, 7) is 4.38. The van der Waals surface area contributed by atoms with Crippen LogP contribution in [0.25, 0.3) is 0 Å². The van der Waals surface area contributed by atoms with E-state index in [9.17, 15) is 0 Å². The lowest BCUT2D eigenvalue weighted by Crippen LogP contribution is -1.92. The van der Waals surface area contributed by atoms with Gasteiger partial charge in [0.15, 0.2) is 0 Å². The molecule has 0 rings (SSSR count). The van der Waals surface area contributed by atoms with Gasteiger partial charge in [-0.3, -0.25) is 0 Å². The summed E-state index contributed by atoms with van der Waals surface area (Å²) in [6, 6.07) is 0. The monoisotopic (exact) mass is 114 g/mol. The Hall–Kier alpha value is -0.300. The molecule has 1 nitrogen and oxygen atoms in total. The van der Waals surface area contributed by atoms with Crippen LogP contribution in [0.5, 0.6) is 0 Å². The molecule has 0 spiro atoms. The van der Waals surface area contributed by atoms with Crippen molar-refractivity contribution < 1.29 is 5.11 Å². The van der Waals surface area contributed by atoms with Gasteiger partial charge in [-0.05, 0) is 19.3 Å². The van der Waals surface area contributed by atoms with Crippen molar-refractivity contribution >= 4 is 0 Å². The maximum absolute atomic E-state index is 8.43. The summed E-state index contributed by atoms with van der Waals surface area (Å²) >= 11 is 0. The normalized spacial score (nSPS) is 14.9. The largest absolute Gasteiger partial charge is 0.396 e. The van der Waals surface area contributed by atoms with Crippen molar-refractivity contribution in [2.75, 3.05) is 6.61 Å². The van der Waals surface area contributed by atoms with Gasteiger partial charge in [0.05, 0.1) is 0 Å². The van der Waals surface area contributed by atoms with Crippen LogP contribution >= 0.6 is 0 Å². The minimum Gasteiger partial charge on any atom is -0.396 e. The summed E-state index contributed by atoms with van der Waals surface area (Å²) in [5, 5.41) is 8.43. The fourth-order valence-corrected chi connectivity index (χ4v) is 0.628. The summed E-state index contributed by atoms with van der Waals surface area (Å²) in [5.41, 5.74) is 0. The summed E-state index contributed by atoms with van der Waals surface area (Å²) in [6.07, 6.45) is 4.99. The van der Waals surface area contributed by atoms with E-state index in [2.05, 4.69) is 13.0 Å². The van der Waals surface area contributed by atoms with Gasteiger partial charge in [0.1, 0.15) is 0 Å². The molecular weight excluding hydrogens is 100 g/mol. The number of allylic oxidation sites excluding steroid dienone is 2. The van der Waals surface area contributed by atoms with Crippen molar-refractivity contribution in [1.82, 2.24) is 0 Å². The molecule has 0 radical (unpaired) electrons. The van der Waals surface area contributed by atoms with E-state index in [1.165, 1.54) is 0 Å². The first-order valence-electron chi connectivity index (χ1n) is 3.05. The van der Waals surface area contributed by atoms with Crippen molar-refractivity contribution in [3.8, 4) is 0 Å². The zero-order chi connectivity index (χ0) is 6.41. The molecule has 0 bridgehead atoms. The van der Waals surface area contributed by atoms with Crippen LogP contribution in [0, 0.1) is 5.92 Å². The first-order chi connectivity index (χ1) is 3.81. The van der Waals surface area contributed by atoms with Gasteiger partial charge in [0, 0.05) is 6.61 Å². The fourth-order valence-electron chi connectivity index (χ4n) is 0.628. The molecule has 48 valence electrons. The van der Waals surface area contributed by atoms with Gasteiger partial charge in [-0.25, -0.2) is 0 Å². The van der Waals surface area contributed by atoms with Crippen LogP contribution in [0.3, 0.4) is 0 Å². The Balaban J connectivity index is 3.17. The van der Waals surface area contributed by atoms with Crippen LogP contribution in [0.2, 0.25) is 0 Å². The van der Waals surface area contributed by atoms with E-state index in [0.717, 1.165) is 6.42 Å². The third-order valence-electron chi connectivity index (χ3n) is 1.11. The van der Waals surface area contributed by atoms with Gasteiger partial charge in [-0.2, -0.15) is 0 Å². The predicted octanol–water partition coefficient (Wildman–Crippen LogP) is 1.58. The molecule has 0 saturated heterocycles. The maximum atomic E-state index is 8.43. The topological polar surface area (TPSA) is 20.2 Å². The lowest BCUT2D eigenvalue weighted by Gasteiger charge is -1.99. The van der Waals surface area contributed by atoms with Gasteiger partial charge in [-0.1, -0.05) is 19.1 Å². The molecule has 0 fully saturated rings. The molecule has 1 heteroatoms. The molecule has 0 aromatic heterocycles. The molecule has 0 aliphatic carbocycles. The Morgan fingerprint density at radius 2 is 2.25 bits per heavy atom. The molecule has 8 heavy (non-hydrogen) atoms. The Morgan fingerprint density at radius 1 is 1.62 bits per heavy atom. The molecule has 0 heterocycles. The van der Waals surface area contributed by atoms with E-state index in [4.69, 9.17) is 5.11 Å². The first-order valence-corrected chi connectivity index (χ1v) is 3.05. The Kier molecular flexibility index (Phi) is 4.67. The average molecular weight is 114 g/mol. The number of hydrogen-bond acceptors (Lipinski definition) is 1. The molecule has 0 saturated carbocycles. The van der Waals surface area contributed by atoms with Gasteiger partial charge < -0.3 is 5.11 Å². The molecule has 0 aliphatic heterocycles. The van der Waals surface area contributed by atoms with Crippen LogP contribution in [0.1, 0.15) is 20.3 Å². The van der Waals surface area contributed by atoms with E-state index in [1.807, 2.05) is 13.0 Å². The molecule has 0 aromatic rings. The number of aliphatic hydroxyl groups excluding tert-OH is 1. The quantitative estimate of drug-likeness (QED) is 0.552. The number of rotatable bonds is 3. The van der Waals surface area contributed by atoms with Crippen LogP contribution in [0.15, 0.2) is 12.2 Å². The minimum atomic E-state index is 0.297. The van der Waals surface area contributed by atoms with Crippen molar-refractivity contribution in [1.29, 1.82) is 0 Å². The van der Waals surface area contributed by atoms with Gasteiger partial charge in [0.25, 0.3) is 0 Å². The highest BCUT2D eigenvalue weighted by Gasteiger charge is 1.91. The second-order valence-electron chi connectivity index (χ2n) is 2.02. The van der Waals surface area contributed by atoms with Crippen LogP contribution in [0.4, 0.5) is 0 Å². The van der Waals surface area contributed by atoms with Crippen LogP contribution in [-0.2, 0) is 0 Å². The van der Waals surface area contributed by atoms with Crippen molar-refractivity contribution in [3.05, 3.63) is 12.2 Å². The van der Waals surface area contributed by atoms with E-state index in [0.29, 0.717) is 12.5 Å². The molecule has 0 amide bonds. The Labute approximate surface area is 51.0 Å². The fraction of sp³-hybridized carbons (Fsp3) is 0.714. The molecule has 0 aliphatic rings. The predicted molar refractivity (Wildman–Crippen MR) is 35.7 cm³/mol. The minimum absolute atomic E-state index is 0.297. The van der Waals surface area contributed by atoms with Crippen LogP contribution in [-0.4, -0.2) is 11.7 Å². The van der Waals surface area contributed by atoms with Crippen molar-refractivity contribution in [2.24, 2.45) is 5.92 Å². The number of hydrogen-bond donors (Lipinski definition) is 1. The van der Waals surface area contributed by atoms with E-state index < -0.39 is 0 Å². The highest BCUT2D eigenvalue weighted by atomic mass is 16.2. The van der Waals surface area contributed by atoms with Crippen LogP contribution < -0.4 is 0 Å². The highest BCUT2D eigenvalue weighted by molar-refractivity contribution is 4.82. The third-order valence-corrected chi connectivity index (χ3v) is 1.11. The highest BCUT2D eigenvalue weighted by Crippen LogP contribution is 2.00. The second kappa shape index (κ2) is 4.85. The zero-order valence-corrected chi connectivity index (χ0v) is 5.59. The van der Waals surface area contributed by atoms with E-state index in [-0.39, 0.29) is 0 Å². The average Bonchev–Trinajstić information content (AvgIpc) is 1.68. The third kappa shape index (κ3) is 3.88. The van der Waals surface area contributed by atoms with Gasteiger partial charge in [-0.15, -0.1) is 0 Å². The van der Waals surface area contributed by atoms with Gasteiger partial charge in [0.2, 0.25) is 0 Å². The second-order valence-corrected chi connectivity index (χ2v) is 2.02. The molecular formula is C7H14O. The molecule has 1 N–H and O–H groups in total. The maximum Gasteiger partial charge on any atom is 0.0436 e. The zero-order valence-electron chi connectivity index (χ0n) is 5.59. The van der Waals surface area contributed by atoms with E-state index in [1.54, 1.807) is 0 Å².